The highest BCUT2D eigenvalue weighted by Gasteiger charge is 2.11. The highest BCUT2D eigenvalue weighted by atomic mass is 32.2. The van der Waals surface area contributed by atoms with E-state index >= 15 is 0 Å². The van der Waals surface area contributed by atoms with Crippen molar-refractivity contribution in [3.8, 4) is 0 Å². The summed E-state index contributed by atoms with van der Waals surface area (Å²) in [6.07, 6.45) is 0. The van der Waals surface area contributed by atoms with Crippen LogP contribution < -0.4 is 5.73 Å². The lowest BCUT2D eigenvalue weighted by molar-refractivity contribution is 0.682. The third kappa shape index (κ3) is 2.73. The minimum atomic E-state index is -1.12. The topological polar surface area (TPSA) is 56.0 Å². The molecule has 0 saturated carbocycles. The van der Waals surface area contributed by atoms with Gasteiger partial charge in [-0.2, -0.15) is 0 Å². The Kier molecular flexibility index (Phi) is 3.59. The predicted octanol–water partition coefficient (Wildman–Crippen LogP) is 2.65. The van der Waals surface area contributed by atoms with E-state index in [1.807, 2.05) is 37.4 Å². The smallest absolute Gasteiger partial charge is 0.106 e. The van der Waals surface area contributed by atoms with E-state index in [1.165, 1.54) is 11.3 Å². The average Bonchev–Trinajstić information content (AvgIpc) is 2.68. The van der Waals surface area contributed by atoms with Crippen molar-refractivity contribution in [2.24, 2.45) is 0 Å². The molecule has 2 rings (SSSR count). The SMILES string of the molecule is Cc1csc(CS(=O)c2cccc(C)c2N)n1. The zero-order valence-corrected chi connectivity index (χ0v) is 11.4. The van der Waals surface area contributed by atoms with Crippen LogP contribution in [0.15, 0.2) is 28.5 Å². The van der Waals surface area contributed by atoms with Gasteiger partial charge in [0.1, 0.15) is 5.01 Å². The molecule has 0 bridgehead atoms. The Balaban J connectivity index is 2.23. The second-order valence-corrected chi connectivity index (χ2v) is 6.22. The van der Waals surface area contributed by atoms with E-state index in [1.54, 1.807) is 0 Å². The highest BCUT2D eigenvalue weighted by molar-refractivity contribution is 7.84. The van der Waals surface area contributed by atoms with Gasteiger partial charge in [0, 0.05) is 11.1 Å². The number of aryl methyl sites for hydroxylation is 2. The minimum absolute atomic E-state index is 0.437. The van der Waals surface area contributed by atoms with E-state index in [2.05, 4.69) is 4.98 Å². The summed E-state index contributed by atoms with van der Waals surface area (Å²) in [5.41, 5.74) is 8.49. The van der Waals surface area contributed by atoms with Crippen LogP contribution in [-0.4, -0.2) is 9.19 Å². The van der Waals surface area contributed by atoms with Crippen LogP contribution in [0.3, 0.4) is 0 Å². The molecule has 1 heterocycles. The summed E-state index contributed by atoms with van der Waals surface area (Å²) in [6, 6.07) is 5.62. The standard InChI is InChI=1S/C12H14N2OS2/c1-8-4-3-5-10(12(8)13)17(15)7-11-14-9(2)6-16-11/h3-6H,7,13H2,1-2H3. The van der Waals surface area contributed by atoms with Crippen molar-refractivity contribution < 1.29 is 4.21 Å². The number of para-hydroxylation sites is 1. The van der Waals surface area contributed by atoms with Crippen molar-refractivity contribution >= 4 is 27.8 Å². The molecular weight excluding hydrogens is 252 g/mol. The maximum atomic E-state index is 12.2. The van der Waals surface area contributed by atoms with Crippen molar-refractivity contribution in [1.82, 2.24) is 4.98 Å². The summed E-state index contributed by atoms with van der Waals surface area (Å²) < 4.78 is 12.2. The number of nitrogen functional groups attached to an aromatic ring is 1. The van der Waals surface area contributed by atoms with Gasteiger partial charge in [0.2, 0.25) is 0 Å². The van der Waals surface area contributed by atoms with Gasteiger partial charge in [-0.05, 0) is 25.5 Å². The molecule has 0 aliphatic rings. The van der Waals surface area contributed by atoms with Gasteiger partial charge in [0.25, 0.3) is 0 Å². The van der Waals surface area contributed by atoms with Gasteiger partial charge >= 0.3 is 0 Å². The maximum Gasteiger partial charge on any atom is 0.106 e. The lowest BCUT2D eigenvalue weighted by Gasteiger charge is -2.06. The van der Waals surface area contributed by atoms with Crippen molar-refractivity contribution in [3.63, 3.8) is 0 Å². The van der Waals surface area contributed by atoms with Gasteiger partial charge in [0.05, 0.1) is 27.1 Å². The molecule has 1 aromatic heterocycles. The first kappa shape index (κ1) is 12.3. The Morgan fingerprint density at radius 1 is 1.41 bits per heavy atom. The maximum absolute atomic E-state index is 12.2. The molecule has 3 nitrogen and oxygen atoms in total. The quantitative estimate of drug-likeness (QED) is 0.869. The third-order valence-electron chi connectivity index (χ3n) is 2.45. The molecule has 0 saturated heterocycles. The summed E-state index contributed by atoms with van der Waals surface area (Å²) in [4.78, 5) is 5.02. The first-order chi connectivity index (χ1) is 8.08. The van der Waals surface area contributed by atoms with Crippen molar-refractivity contribution in [2.45, 2.75) is 24.5 Å². The van der Waals surface area contributed by atoms with Crippen molar-refractivity contribution in [3.05, 3.63) is 39.8 Å². The lowest BCUT2D eigenvalue weighted by Crippen LogP contribution is -2.02. The van der Waals surface area contributed by atoms with E-state index in [-0.39, 0.29) is 0 Å². The Hall–Kier alpha value is -1.20. The van der Waals surface area contributed by atoms with Crippen molar-refractivity contribution in [2.75, 3.05) is 5.73 Å². The number of hydrogen-bond donors (Lipinski definition) is 1. The second kappa shape index (κ2) is 4.98. The molecule has 0 spiro atoms. The molecule has 1 atom stereocenters. The van der Waals surface area contributed by atoms with Crippen LogP contribution in [0.4, 0.5) is 5.69 Å². The Morgan fingerprint density at radius 2 is 2.18 bits per heavy atom. The van der Waals surface area contributed by atoms with Crippen LogP contribution in [0, 0.1) is 13.8 Å². The van der Waals surface area contributed by atoms with E-state index in [9.17, 15) is 4.21 Å². The Bertz CT molecular complexity index is 563. The number of nitrogens with zero attached hydrogens (tertiary/aromatic N) is 1. The van der Waals surface area contributed by atoms with Gasteiger partial charge in [-0.3, -0.25) is 4.21 Å². The largest absolute Gasteiger partial charge is 0.398 e. The normalized spacial score (nSPS) is 12.6. The summed E-state index contributed by atoms with van der Waals surface area (Å²) in [7, 11) is -1.12. The molecule has 0 amide bonds. The summed E-state index contributed by atoms with van der Waals surface area (Å²) in [5.74, 6) is 0.437. The number of rotatable bonds is 3. The molecule has 90 valence electrons. The van der Waals surface area contributed by atoms with Gasteiger partial charge in [-0.1, -0.05) is 12.1 Å². The fourth-order valence-electron chi connectivity index (χ4n) is 1.51. The molecular formula is C12H14N2OS2. The number of aromatic nitrogens is 1. The van der Waals surface area contributed by atoms with Gasteiger partial charge < -0.3 is 5.73 Å². The Morgan fingerprint density at radius 3 is 2.82 bits per heavy atom. The molecule has 0 aliphatic carbocycles. The summed E-state index contributed by atoms with van der Waals surface area (Å²) >= 11 is 1.54. The molecule has 0 aliphatic heterocycles. The number of thiazole rings is 1. The molecule has 5 heteroatoms. The summed E-state index contributed by atoms with van der Waals surface area (Å²) in [6.45, 7) is 3.85. The van der Waals surface area contributed by atoms with Crippen LogP contribution >= 0.6 is 11.3 Å². The van der Waals surface area contributed by atoms with Gasteiger partial charge in [0.15, 0.2) is 0 Å². The molecule has 1 aromatic carbocycles. The molecule has 17 heavy (non-hydrogen) atoms. The first-order valence-electron chi connectivity index (χ1n) is 5.22. The minimum Gasteiger partial charge on any atom is -0.398 e. The number of nitrogens with two attached hydrogens (primary N) is 1. The lowest BCUT2D eigenvalue weighted by atomic mass is 10.2. The number of hydrogen-bond acceptors (Lipinski definition) is 4. The van der Waals surface area contributed by atoms with E-state index in [0.717, 1.165) is 16.3 Å². The van der Waals surface area contributed by atoms with E-state index in [4.69, 9.17) is 5.73 Å². The van der Waals surface area contributed by atoms with Crippen LogP contribution in [0.1, 0.15) is 16.3 Å². The van der Waals surface area contributed by atoms with E-state index < -0.39 is 10.8 Å². The predicted molar refractivity (Wildman–Crippen MR) is 72.6 cm³/mol. The number of benzene rings is 1. The average molecular weight is 266 g/mol. The van der Waals surface area contributed by atoms with Crippen LogP contribution in [0.2, 0.25) is 0 Å². The number of anilines is 1. The molecule has 2 aromatic rings. The molecule has 2 N–H and O–H groups in total. The molecule has 0 fully saturated rings. The summed E-state index contributed by atoms with van der Waals surface area (Å²) in [5, 5.41) is 2.85. The monoisotopic (exact) mass is 266 g/mol. The fourth-order valence-corrected chi connectivity index (χ4v) is 3.74. The zero-order chi connectivity index (χ0) is 12.4. The fraction of sp³-hybridized carbons (Fsp3) is 0.250. The first-order valence-corrected chi connectivity index (χ1v) is 7.42. The Labute approximate surface area is 107 Å². The van der Waals surface area contributed by atoms with Crippen LogP contribution in [-0.2, 0) is 16.6 Å². The highest BCUT2D eigenvalue weighted by Crippen LogP contribution is 2.23. The molecule has 0 radical (unpaired) electrons. The van der Waals surface area contributed by atoms with Crippen molar-refractivity contribution in [1.29, 1.82) is 0 Å². The third-order valence-corrected chi connectivity index (χ3v) is 4.98. The van der Waals surface area contributed by atoms with E-state index in [0.29, 0.717) is 16.3 Å². The van der Waals surface area contributed by atoms with Gasteiger partial charge in [-0.25, -0.2) is 4.98 Å². The van der Waals surface area contributed by atoms with Crippen LogP contribution in [0.5, 0.6) is 0 Å². The zero-order valence-electron chi connectivity index (χ0n) is 9.77. The van der Waals surface area contributed by atoms with Crippen LogP contribution in [0.25, 0.3) is 0 Å². The molecule has 1 unspecified atom stereocenters. The van der Waals surface area contributed by atoms with Gasteiger partial charge in [-0.15, -0.1) is 11.3 Å². The second-order valence-electron chi connectivity index (χ2n) is 3.86.